The maximum absolute atomic E-state index is 11.1. The summed E-state index contributed by atoms with van der Waals surface area (Å²) in [6, 6.07) is 14.2. The van der Waals surface area contributed by atoms with Gasteiger partial charge in [0.1, 0.15) is 5.75 Å². The minimum atomic E-state index is -1.34. The van der Waals surface area contributed by atoms with Crippen LogP contribution in [-0.4, -0.2) is 23.3 Å². The van der Waals surface area contributed by atoms with Gasteiger partial charge in [0.05, 0.1) is 7.11 Å². The van der Waals surface area contributed by atoms with Crippen LogP contribution in [0.2, 0.25) is 5.02 Å². The number of aryl methyl sites for hydroxylation is 1. The average molecular weight is 333 g/mol. The van der Waals surface area contributed by atoms with Gasteiger partial charge in [-0.15, -0.1) is 0 Å². The van der Waals surface area contributed by atoms with Crippen LogP contribution < -0.4 is 4.74 Å². The van der Waals surface area contributed by atoms with Crippen LogP contribution >= 0.6 is 11.6 Å². The summed E-state index contributed by atoms with van der Waals surface area (Å²) in [6.45, 7) is 0. The molecule has 0 spiro atoms. The first-order valence-corrected chi connectivity index (χ1v) is 7.43. The molecule has 0 aliphatic rings. The molecule has 2 aromatic rings. The molecule has 0 heterocycles. The number of carbonyl (C=O) groups is 1. The second-order valence-electron chi connectivity index (χ2n) is 4.99. The summed E-state index contributed by atoms with van der Waals surface area (Å²) in [5, 5.41) is 19.7. The number of aliphatic carboxylic acids is 1. The van der Waals surface area contributed by atoms with Crippen LogP contribution in [0.5, 0.6) is 5.75 Å². The highest BCUT2D eigenvalue weighted by Gasteiger charge is 2.15. The molecular formula is C18H17ClO4. The smallest absolute Gasteiger partial charge is 0.371 e. The summed E-state index contributed by atoms with van der Waals surface area (Å²) in [6.07, 6.45) is 0.988. The summed E-state index contributed by atoms with van der Waals surface area (Å²) in [5.74, 6) is -1.31. The Morgan fingerprint density at radius 1 is 1.04 bits per heavy atom. The summed E-state index contributed by atoms with van der Waals surface area (Å²) in [7, 11) is 1.56. The van der Waals surface area contributed by atoms with Crippen LogP contribution in [0.25, 0.3) is 5.57 Å². The summed E-state index contributed by atoms with van der Waals surface area (Å²) in [4.78, 5) is 11.1. The molecule has 4 nitrogen and oxygen atoms in total. The number of hydrogen-bond acceptors (Lipinski definition) is 3. The molecule has 2 aromatic carbocycles. The molecule has 120 valence electrons. The lowest BCUT2D eigenvalue weighted by atomic mass is 9.97. The number of methoxy groups -OCH3 is 1. The molecule has 5 heteroatoms. The van der Waals surface area contributed by atoms with E-state index in [4.69, 9.17) is 21.4 Å². The highest BCUT2D eigenvalue weighted by Crippen LogP contribution is 2.26. The number of carboxylic acids is 1. The first-order chi connectivity index (χ1) is 11.0. The van der Waals surface area contributed by atoms with Crippen LogP contribution in [0.3, 0.4) is 0 Å². The van der Waals surface area contributed by atoms with Crippen LogP contribution in [-0.2, 0) is 11.2 Å². The molecule has 0 unspecified atom stereocenters. The van der Waals surface area contributed by atoms with Crippen molar-refractivity contribution in [1.29, 1.82) is 0 Å². The van der Waals surface area contributed by atoms with E-state index in [1.54, 1.807) is 43.5 Å². The maximum atomic E-state index is 11.1. The molecule has 0 amide bonds. The van der Waals surface area contributed by atoms with Gasteiger partial charge >= 0.3 is 5.97 Å². The Morgan fingerprint density at radius 3 is 2.17 bits per heavy atom. The Bertz CT molecular complexity index is 703. The zero-order chi connectivity index (χ0) is 16.8. The number of rotatable bonds is 6. The zero-order valence-electron chi connectivity index (χ0n) is 12.6. The molecule has 2 N–H and O–H groups in total. The SMILES string of the molecule is COc1ccc(/C(CCc2ccc(Cl)cc2)=C(/O)C(=O)O)cc1. The van der Waals surface area contributed by atoms with Gasteiger partial charge < -0.3 is 14.9 Å². The van der Waals surface area contributed by atoms with Gasteiger partial charge in [-0.3, -0.25) is 0 Å². The highest BCUT2D eigenvalue weighted by atomic mass is 35.5. The third kappa shape index (κ3) is 4.50. The van der Waals surface area contributed by atoms with E-state index < -0.39 is 11.7 Å². The fourth-order valence-electron chi connectivity index (χ4n) is 2.24. The van der Waals surface area contributed by atoms with Crippen LogP contribution in [0.1, 0.15) is 17.5 Å². The van der Waals surface area contributed by atoms with E-state index in [0.29, 0.717) is 34.8 Å². The number of aliphatic hydroxyl groups excluding tert-OH is 1. The Morgan fingerprint density at radius 2 is 1.65 bits per heavy atom. The van der Waals surface area contributed by atoms with Crippen molar-refractivity contribution < 1.29 is 19.7 Å². The Balaban J connectivity index is 2.25. The quantitative estimate of drug-likeness (QED) is 0.610. The van der Waals surface area contributed by atoms with E-state index in [1.807, 2.05) is 12.1 Å². The molecular weight excluding hydrogens is 316 g/mol. The van der Waals surface area contributed by atoms with E-state index in [-0.39, 0.29) is 0 Å². The summed E-state index contributed by atoms with van der Waals surface area (Å²) < 4.78 is 5.09. The van der Waals surface area contributed by atoms with Gasteiger partial charge in [0, 0.05) is 10.6 Å². The summed E-state index contributed by atoms with van der Waals surface area (Å²) >= 11 is 5.85. The largest absolute Gasteiger partial charge is 0.502 e. The van der Waals surface area contributed by atoms with E-state index in [2.05, 4.69) is 0 Å². The van der Waals surface area contributed by atoms with E-state index in [1.165, 1.54) is 0 Å². The van der Waals surface area contributed by atoms with Crippen LogP contribution in [0, 0.1) is 0 Å². The lowest BCUT2D eigenvalue weighted by Gasteiger charge is -2.10. The van der Waals surface area contributed by atoms with Crippen molar-refractivity contribution >= 4 is 23.1 Å². The standard InChI is InChI=1S/C18H17ClO4/c1-23-15-9-5-13(6-10-15)16(17(20)18(21)22)11-4-12-2-7-14(19)8-3-12/h2-3,5-10,20H,4,11H2,1H3,(H,21,22)/b17-16+. The number of ether oxygens (including phenoxy) is 1. The van der Waals surface area contributed by atoms with E-state index >= 15 is 0 Å². The minimum Gasteiger partial charge on any atom is -0.502 e. The lowest BCUT2D eigenvalue weighted by Crippen LogP contribution is -2.04. The first-order valence-electron chi connectivity index (χ1n) is 7.05. The third-order valence-electron chi connectivity index (χ3n) is 3.50. The van der Waals surface area contributed by atoms with Gasteiger partial charge in [-0.05, 0) is 48.2 Å². The van der Waals surface area contributed by atoms with Crippen molar-refractivity contribution in [3.05, 3.63) is 70.4 Å². The molecule has 0 bridgehead atoms. The van der Waals surface area contributed by atoms with Gasteiger partial charge in [0.25, 0.3) is 0 Å². The molecule has 0 fully saturated rings. The van der Waals surface area contributed by atoms with Gasteiger partial charge in [-0.1, -0.05) is 35.9 Å². The van der Waals surface area contributed by atoms with Gasteiger partial charge in [-0.25, -0.2) is 4.79 Å². The van der Waals surface area contributed by atoms with Gasteiger partial charge in [0.15, 0.2) is 0 Å². The van der Waals surface area contributed by atoms with Crippen molar-refractivity contribution in [1.82, 2.24) is 0 Å². The van der Waals surface area contributed by atoms with Crippen LogP contribution in [0.15, 0.2) is 54.3 Å². The second-order valence-corrected chi connectivity index (χ2v) is 5.42. The maximum Gasteiger partial charge on any atom is 0.371 e. The van der Waals surface area contributed by atoms with Crippen LogP contribution in [0.4, 0.5) is 0 Å². The number of hydrogen-bond donors (Lipinski definition) is 2. The minimum absolute atomic E-state index is 0.384. The molecule has 0 aliphatic carbocycles. The van der Waals surface area contributed by atoms with E-state index in [9.17, 15) is 9.90 Å². The highest BCUT2D eigenvalue weighted by molar-refractivity contribution is 6.30. The van der Waals surface area contributed by atoms with Crippen molar-refractivity contribution in [2.24, 2.45) is 0 Å². The summed E-state index contributed by atoms with van der Waals surface area (Å²) in [5.41, 5.74) is 2.05. The number of allylic oxidation sites excluding steroid dienone is 1. The average Bonchev–Trinajstić information content (AvgIpc) is 2.57. The molecule has 0 aromatic heterocycles. The predicted molar refractivity (Wildman–Crippen MR) is 90.0 cm³/mol. The van der Waals surface area contributed by atoms with Crippen molar-refractivity contribution in [2.75, 3.05) is 7.11 Å². The molecule has 0 saturated heterocycles. The Kier molecular flexibility index (Phi) is 5.66. The first kappa shape index (κ1) is 16.9. The number of benzene rings is 2. The zero-order valence-corrected chi connectivity index (χ0v) is 13.4. The fraction of sp³-hybridized carbons (Fsp3) is 0.167. The number of aliphatic hydroxyl groups is 1. The molecule has 0 radical (unpaired) electrons. The van der Waals surface area contributed by atoms with Crippen molar-refractivity contribution in [2.45, 2.75) is 12.8 Å². The number of carboxylic acid groups (broad SMARTS) is 1. The molecule has 23 heavy (non-hydrogen) atoms. The van der Waals surface area contributed by atoms with Crippen molar-refractivity contribution in [3.8, 4) is 5.75 Å². The van der Waals surface area contributed by atoms with Gasteiger partial charge in [0.2, 0.25) is 5.76 Å². The monoisotopic (exact) mass is 332 g/mol. The van der Waals surface area contributed by atoms with Crippen molar-refractivity contribution in [3.63, 3.8) is 0 Å². The molecule has 0 saturated carbocycles. The van der Waals surface area contributed by atoms with E-state index in [0.717, 1.165) is 5.56 Å². The lowest BCUT2D eigenvalue weighted by molar-refractivity contribution is -0.135. The predicted octanol–water partition coefficient (Wildman–Crippen LogP) is 4.34. The normalized spacial score (nSPS) is 11.7. The third-order valence-corrected chi connectivity index (χ3v) is 3.76. The molecule has 0 atom stereocenters. The molecule has 0 aliphatic heterocycles. The molecule has 2 rings (SSSR count). The fourth-order valence-corrected chi connectivity index (χ4v) is 2.37. The second kappa shape index (κ2) is 7.70. The Hall–Kier alpha value is -2.46. The topological polar surface area (TPSA) is 66.8 Å². The van der Waals surface area contributed by atoms with Gasteiger partial charge in [-0.2, -0.15) is 0 Å². The number of halogens is 1. The Labute approximate surface area is 139 Å².